The molecular formula is C10H15BrN2O. The van der Waals surface area contributed by atoms with Crippen LogP contribution in [0, 0.1) is 5.92 Å². The van der Waals surface area contributed by atoms with E-state index < -0.39 is 6.10 Å². The lowest BCUT2D eigenvalue weighted by molar-refractivity contribution is 0.106. The number of rotatable bonds is 4. The highest BCUT2D eigenvalue weighted by molar-refractivity contribution is 9.10. The van der Waals surface area contributed by atoms with Crippen molar-refractivity contribution in [1.82, 2.24) is 4.98 Å². The van der Waals surface area contributed by atoms with E-state index in [1.165, 1.54) is 0 Å². The van der Waals surface area contributed by atoms with E-state index in [1.54, 1.807) is 6.20 Å². The van der Waals surface area contributed by atoms with Gasteiger partial charge in [-0.2, -0.15) is 0 Å². The van der Waals surface area contributed by atoms with Crippen molar-refractivity contribution in [2.75, 3.05) is 6.54 Å². The molecule has 0 saturated carbocycles. The van der Waals surface area contributed by atoms with Crippen molar-refractivity contribution < 1.29 is 5.11 Å². The maximum absolute atomic E-state index is 9.91. The van der Waals surface area contributed by atoms with E-state index in [4.69, 9.17) is 5.73 Å². The SMILES string of the molecule is CCC(CN)C(O)c1ccc(Br)cn1. The van der Waals surface area contributed by atoms with Crippen molar-refractivity contribution >= 4 is 15.9 Å². The molecule has 0 saturated heterocycles. The molecule has 1 aromatic heterocycles. The van der Waals surface area contributed by atoms with Gasteiger partial charge < -0.3 is 10.8 Å². The van der Waals surface area contributed by atoms with Crippen molar-refractivity contribution in [2.24, 2.45) is 11.7 Å². The summed E-state index contributed by atoms with van der Waals surface area (Å²) in [4.78, 5) is 4.14. The predicted molar refractivity (Wildman–Crippen MR) is 59.7 cm³/mol. The van der Waals surface area contributed by atoms with Crippen LogP contribution in [0.15, 0.2) is 22.8 Å². The van der Waals surface area contributed by atoms with Crippen LogP contribution < -0.4 is 5.73 Å². The summed E-state index contributed by atoms with van der Waals surface area (Å²) in [5.41, 5.74) is 6.24. The molecule has 2 unspecified atom stereocenters. The smallest absolute Gasteiger partial charge is 0.0999 e. The first kappa shape index (κ1) is 11.6. The Morgan fingerprint density at radius 1 is 1.57 bits per heavy atom. The Morgan fingerprint density at radius 2 is 2.29 bits per heavy atom. The topological polar surface area (TPSA) is 59.1 Å². The third-order valence-corrected chi connectivity index (χ3v) is 2.80. The van der Waals surface area contributed by atoms with Gasteiger partial charge in [0.05, 0.1) is 11.8 Å². The highest BCUT2D eigenvalue weighted by Crippen LogP contribution is 2.22. The van der Waals surface area contributed by atoms with Crippen molar-refractivity contribution in [3.8, 4) is 0 Å². The van der Waals surface area contributed by atoms with E-state index in [0.717, 1.165) is 10.9 Å². The molecule has 0 bridgehead atoms. The Bertz CT molecular complexity index is 272. The summed E-state index contributed by atoms with van der Waals surface area (Å²) in [6.07, 6.45) is 1.98. The summed E-state index contributed by atoms with van der Waals surface area (Å²) >= 11 is 3.30. The van der Waals surface area contributed by atoms with Gasteiger partial charge in [0.25, 0.3) is 0 Å². The molecule has 0 aliphatic heterocycles. The molecule has 2 atom stereocenters. The zero-order valence-corrected chi connectivity index (χ0v) is 9.74. The fourth-order valence-corrected chi connectivity index (χ4v) is 1.56. The zero-order valence-electron chi connectivity index (χ0n) is 8.15. The van der Waals surface area contributed by atoms with Gasteiger partial charge in [0.2, 0.25) is 0 Å². The molecule has 0 fully saturated rings. The van der Waals surface area contributed by atoms with Crippen LogP contribution in [0.1, 0.15) is 25.1 Å². The molecule has 3 nitrogen and oxygen atoms in total. The number of nitrogens with two attached hydrogens (primary N) is 1. The number of nitrogens with zero attached hydrogens (tertiary/aromatic N) is 1. The second-order valence-electron chi connectivity index (χ2n) is 3.25. The Balaban J connectivity index is 2.77. The number of aliphatic hydroxyl groups is 1. The van der Waals surface area contributed by atoms with Crippen LogP contribution in [0.3, 0.4) is 0 Å². The molecule has 0 amide bonds. The first-order chi connectivity index (χ1) is 6.69. The Kier molecular flexibility index (Phi) is 4.51. The Hall–Kier alpha value is -0.450. The van der Waals surface area contributed by atoms with Gasteiger partial charge in [0, 0.05) is 16.6 Å². The van der Waals surface area contributed by atoms with E-state index in [9.17, 15) is 5.11 Å². The standard InChI is InChI=1S/C10H15BrN2O/c1-2-7(5-12)10(14)9-4-3-8(11)6-13-9/h3-4,6-7,10,14H,2,5,12H2,1H3. The maximum Gasteiger partial charge on any atom is 0.0999 e. The molecule has 0 aliphatic carbocycles. The first-order valence-corrected chi connectivity index (χ1v) is 5.48. The molecule has 14 heavy (non-hydrogen) atoms. The minimum absolute atomic E-state index is 0.0867. The minimum atomic E-state index is -0.557. The Morgan fingerprint density at radius 3 is 2.71 bits per heavy atom. The van der Waals surface area contributed by atoms with Crippen molar-refractivity contribution in [3.63, 3.8) is 0 Å². The van der Waals surface area contributed by atoms with Crippen LogP contribution in [-0.2, 0) is 0 Å². The van der Waals surface area contributed by atoms with Gasteiger partial charge in [-0.25, -0.2) is 0 Å². The van der Waals surface area contributed by atoms with Gasteiger partial charge in [-0.3, -0.25) is 4.98 Å². The number of aliphatic hydroxyl groups excluding tert-OH is 1. The predicted octanol–water partition coefficient (Wildman–Crippen LogP) is 1.86. The van der Waals surface area contributed by atoms with Crippen LogP contribution in [-0.4, -0.2) is 16.6 Å². The maximum atomic E-state index is 9.91. The molecule has 1 aromatic rings. The number of pyridine rings is 1. The van der Waals surface area contributed by atoms with Gasteiger partial charge in [0.1, 0.15) is 0 Å². The first-order valence-electron chi connectivity index (χ1n) is 4.68. The molecule has 3 N–H and O–H groups in total. The molecule has 1 rings (SSSR count). The van der Waals surface area contributed by atoms with E-state index in [-0.39, 0.29) is 5.92 Å². The molecule has 4 heteroatoms. The lowest BCUT2D eigenvalue weighted by Gasteiger charge is -2.19. The van der Waals surface area contributed by atoms with E-state index in [0.29, 0.717) is 12.2 Å². The summed E-state index contributed by atoms with van der Waals surface area (Å²) in [6.45, 7) is 2.50. The van der Waals surface area contributed by atoms with Crippen molar-refractivity contribution in [1.29, 1.82) is 0 Å². The van der Waals surface area contributed by atoms with Crippen LogP contribution in [0.25, 0.3) is 0 Å². The molecule has 1 heterocycles. The van der Waals surface area contributed by atoms with Crippen LogP contribution in [0.5, 0.6) is 0 Å². The molecule has 0 radical (unpaired) electrons. The number of hydrogen-bond donors (Lipinski definition) is 2. The molecule has 0 aliphatic rings. The average molecular weight is 259 g/mol. The lowest BCUT2D eigenvalue weighted by Crippen LogP contribution is -2.21. The summed E-state index contributed by atoms with van der Waals surface area (Å²) < 4.78 is 0.911. The second-order valence-corrected chi connectivity index (χ2v) is 4.17. The second kappa shape index (κ2) is 5.44. The summed E-state index contributed by atoms with van der Waals surface area (Å²) in [5.74, 6) is 0.0867. The summed E-state index contributed by atoms with van der Waals surface area (Å²) in [7, 11) is 0. The lowest BCUT2D eigenvalue weighted by atomic mass is 9.97. The monoisotopic (exact) mass is 258 g/mol. The highest BCUT2D eigenvalue weighted by atomic mass is 79.9. The quantitative estimate of drug-likeness (QED) is 0.867. The summed E-state index contributed by atoms with van der Waals surface area (Å²) in [6, 6.07) is 3.68. The van der Waals surface area contributed by atoms with Gasteiger partial charge in [-0.15, -0.1) is 0 Å². The van der Waals surface area contributed by atoms with Gasteiger partial charge in [0.15, 0.2) is 0 Å². The number of halogens is 1. The average Bonchev–Trinajstić information content (AvgIpc) is 2.20. The minimum Gasteiger partial charge on any atom is -0.386 e. The third-order valence-electron chi connectivity index (χ3n) is 2.33. The number of hydrogen-bond acceptors (Lipinski definition) is 3. The fraction of sp³-hybridized carbons (Fsp3) is 0.500. The normalized spacial score (nSPS) is 15.1. The van der Waals surface area contributed by atoms with E-state index >= 15 is 0 Å². The highest BCUT2D eigenvalue weighted by Gasteiger charge is 2.18. The van der Waals surface area contributed by atoms with Gasteiger partial charge in [-0.05, 0) is 41.0 Å². The Labute approximate surface area is 92.5 Å². The van der Waals surface area contributed by atoms with Crippen LogP contribution in [0.2, 0.25) is 0 Å². The fourth-order valence-electron chi connectivity index (χ4n) is 1.32. The van der Waals surface area contributed by atoms with Gasteiger partial charge in [-0.1, -0.05) is 6.92 Å². The summed E-state index contributed by atoms with van der Waals surface area (Å²) in [5, 5.41) is 9.91. The van der Waals surface area contributed by atoms with E-state index in [2.05, 4.69) is 20.9 Å². The molecule has 78 valence electrons. The van der Waals surface area contributed by atoms with Gasteiger partial charge >= 0.3 is 0 Å². The molecule has 0 aromatic carbocycles. The van der Waals surface area contributed by atoms with E-state index in [1.807, 2.05) is 19.1 Å². The zero-order chi connectivity index (χ0) is 10.6. The van der Waals surface area contributed by atoms with Crippen LogP contribution >= 0.6 is 15.9 Å². The van der Waals surface area contributed by atoms with Crippen LogP contribution in [0.4, 0.5) is 0 Å². The van der Waals surface area contributed by atoms with Crippen molar-refractivity contribution in [3.05, 3.63) is 28.5 Å². The van der Waals surface area contributed by atoms with Crippen molar-refractivity contribution in [2.45, 2.75) is 19.4 Å². The largest absolute Gasteiger partial charge is 0.386 e. The molecule has 0 spiro atoms. The number of aromatic nitrogens is 1. The third kappa shape index (κ3) is 2.77. The molecular weight excluding hydrogens is 244 g/mol.